The molecule has 0 saturated carbocycles. The van der Waals surface area contributed by atoms with Gasteiger partial charge in [0.05, 0.1) is 18.5 Å². The zero-order valence-corrected chi connectivity index (χ0v) is 11.4. The van der Waals surface area contributed by atoms with Gasteiger partial charge < -0.3 is 4.57 Å². The summed E-state index contributed by atoms with van der Waals surface area (Å²) in [7, 11) is 0. The zero-order chi connectivity index (χ0) is 13.4. The van der Waals surface area contributed by atoms with Crippen molar-refractivity contribution in [3.8, 4) is 22.1 Å². The van der Waals surface area contributed by atoms with Crippen LogP contribution in [0.5, 0.6) is 0 Å². The average molecular weight is 281 g/mol. The van der Waals surface area contributed by atoms with Gasteiger partial charge in [0, 0.05) is 17.5 Å². The van der Waals surface area contributed by atoms with Crippen LogP contribution in [0.2, 0.25) is 0 Å². The van der Waals surface area contributed by atoms with E-state index in [1.807, 2.05) is 18.2 Å². The summed E-state index contributed by atoms with van der Waals surface area (Å²) in [6.07, 6.45) is 1.77. The lowest BCUT2D eigenvalue weighted by Gasteiger charge is -2.08. The van der Waals surface area contributed by atoms with Gasteiger partial charge in [-0.25, -0.2) is 4.98 Å². The second-order valence-electron chi connectivity index (χ2n) is 4.47. The summed E-state index contributed by atoms with van der Waals surface area (Å²) in [6, 6.07) is 10.2. The molecule has 4 rings (SSSR count). The Morgan fingerprint density at radius 1 is 1.10 bits per heavy atom. The van der Waals surface area contributed by atoms with Crippen LogP contribution in [-0.2, 0) is 6.54 Å². The topological polar surface area (TPSA) is 56.0 Å². The SMILES string of the molecule is C1=NCCn2c1nnc2-c1nc(-c2ccccc2)cs1. The summed E-state index contributed by atoms with van der Waals surface area (Å²) >= 11 is 1.60. The summed E-state index contributed by atoms with van der Waals surface area (Å²) in [5.74, 6) is 1.64. The predicted octanol–water partition coefficient (Wildman–Crippen LogP) is 2.50. The molecule has 1 aliphatic rings. The summed E-state index contributed by atoms with van der Waals surface area (Å²) < 4.78 is 2.07. The number of hydrogen-bond acceptors (Lipinski definition) is 5. The maximum Gasteiger partial charge on any atom is 0.193 e. The molecule has 98 valence electrons. The fourth-order valence-electron chi connectivity index (χ4n) is 2.21. The van der Waals surface area contributed by atoms with Gasteiger partial charge in [0.15, 0.2) is 16.7 Å². The molecule has 5 nitrogen and oxygen atoms in total. The Balaban J connectivity index is 1.76. The van der Waals surface area contributed by atoms with Crippen LogP contribution in [0.4, 0.5) is 0 Å². The minimum absolute atomic E-state index is 0.773. The predicted molar refractivity (Wildman–Crippen MR) is 79.0 cm³/mol. The van der Waals surface area contributed by atoms with Crippen molar-refractivity contribution in [2.75, 3.05) is 6.54 Å². The average Bonchev–Trinajstić information content (AvgIpc) is 3.14. The molecule has 0 radical (unpaired) electrons. The quantitative estimate of drug-likeness (QED) is 0.725. The standard InChI is InChI=1S/C14H11N5S/c1-2-4-10(5-3-1)11-9-20-14(16-11)13-18-17-12-8-15-6-7-19(12)13/h1-5,8-9H,6-7H2. The van der Waals surface area contributed by atoms with Crippen LogP contribution in [0.3, 0.4) is 0 Å². The lowest BCUT2D eigenvalue weighted by molar-refractivity contribution is 0.692. The third-order valence-corrected chi connectivity index (χ3v) is 4.04. The number of aliphatic imine (C=N–C) groups is 1. The molecule has 1 aliphatic heterocycles. The van der Waals surface area contributed by atoms with Gasteiger partial charge in [0.1, 0.15) is 0 Å². The maximum absolute atomic E-state index is 4.68. The molecule has 0 bridgehead atoms. The van der Waals surface area contributed by atoms with Gasteiger partial charge in [-0.05, 0) is 0 Å². The molecule has 0 N–H and O–H groups in total. The van der Waals surface area contributed by atoms with Crippen LogP contribution in [0.15, 0.2) is 40.7 Å². The first-order chi connectivity index (χ1) is 9.92. The molecule has 3 aromatic rings. The van der Waals surface area contributed by atoms with Crippen LogP contribution in [0.25, 0.3) is 22.1 Å². The molecule has 0 saturated heterocycles. The van der Waals surface area contributed by atoms with Gasteiger partial charge in [-0.2, -0.15) is 0 Å². The third-order valence-electron chi connectivity index (χ3n) is 3.20. The van der Waals surface area contributed by atoms with E-state index < -0.39 is 0 Å². The van der Waals surface area contributed by atoms with E-state index in [4.69, 9.17) is 0 Å². The van der Waals surface area contributed by atoms with E-state index in [0.717, 1.165) is 41.0 Å². The molecule has 6 heteroatoms. The lowest BCUT2D eigenvalue weighted by Crippen LogP contribution is -2.12. The van der Waals surface area contributed by atoms with Crippen molar-refractivity contribution in [2.24, 2.45) is 4.99 Å². The summed E-state index contributed by atoms with van der Waals surface area (Å²) in [6.45, 7) is 1.59. The number of nitrogens with zero attached hydrogens (tertiary/aromatic N) is 5. The Hall–Kier alpha value is -2.34. The largest absolute Gasteiger partial charge is 0.302 e. The molecular weight excluding hydrogens is 270 g/mol. The fraction of sp³-hybridized carbons (Fsp3) is 0.143. The van der Waals surface area contributed by atoms with Crippen LogP contribution in [-0.4, -0.2) is 32.5 Å². The Morgan fingerprint density at radius 3 is 2.90 bits per heavy atom. The zero-order valence-electron chi connectivity index (χ0n) is 10.6. The molecule has 0 aliphatic carbocycles. The van der Waals surface area contributed by atoms with Gasteiger partial charge >= 0.3 is 0 Å². The summed E-state index contributed by atoms with van der Waals surface area (Å²) in [4.78, 5) is 8.89. The van der Waals surface area contributed by atoms with Crippen LogP contribution in [0, 0.1) is 0 Å². The number of thiazole rings is 1. The second kappa shape index (κ2) is 4.64. The van der Waals surface area contributed by atoms with E-state index in [1.54, 1.807) is 17.6 Å². The van der Waals surface area contributed by atoms with Gasteiger partial charge in [-0.15, -0.1) is 21.5 Å². The van der Waals surface area contributed by atoms with Crippen LogP contribution in [0.1, 0.15) is 5.82 Å². The Morgan fingerprint density at radius 2 is 2.00 bits per heavy atom. The molecule has 2 aromatic heterocycles. The van der Waals surface area contributed by atoms with Crippen molar-refractivity contribution in [1.29, 1.82) is 0 Å². The molecule has 1 aromatic carbocycles. The first kappa shape index (κ1) is 11.5. The van der Waals surface area contributed by atoms with E-state index in [0.29, 0.717) is 0 Å². The summed E-state index contributed by atoms with van der Waals surface area (Å²) in [5.41, 5.74) is 2.10. The van der Waals surface area contributed by atoms with E-state index in [1.165, 1.54) is 0 Å². The molecule has 0 unspecified atom stereocenters. The minimum Gasteiger partial charge on any atom is -0.302 e. The summed E-state index contributed by atoms with van der Waals surface area (Å²) in [5, 5.41) is 11.3. The maximum atomic E-state index is 4.68. The van der Waals surface area contributed by atoms with Gasteiger partial charge in [-0.1, -0.05) is 30.3 Å². The number of aromatic nitrogens is 4. The molecule has 20 heavy (non-hydrogen) atoms. The van der Waals surface area contributed by atoms with E-state index in [2.05, 4.69) is 42.3 Å². The minimum atomic E-state index is 0.773. The second-order valence-corrected chi connectivity index (χ2v) is 5.33. The molecule has 0 amide bonds. The van der Waals surface area contributed by atoms with E-state index in [-0.39, 0.29) is 0 Å². The highest BCUT2D eigenvalue weighted by Gasteiger charge is 2.17. The smallest absolute Gasteiger partial charge is 0.193 e. The molecule has 0 spiro atoms. The van der Waals surface area contributed by atoms with Gasteiger partial charge in [-0.3, -0.25) is 4.99 Å². The van der Waals surface area contributed by atoms with E-state index >= 15 is 0 Å². The number of fused-ring (bicyclic) bond motifs is 1. The Kier molecular flexibility index (Phi) is 2.67. The lowest BCUT2D eigenvalue weighted by atomic mass is 10.2. The van der Waals surface area contributed by atoms with Crippen molar-refractivity contribution >= 4 is 17.6 Å². The first-order valence-electron chi connectivity index (χ1n) is 6.36. The molecule has 0 atom stereocenters. The molecule has 3 heterocycles. The Bertz CT molecular complexity index is 772. The number of hydrogen-bond donors (Lipinski definition) is 0. The van der Waals surface area contributed by atoms with Crippen molar-refractivity contribution in [1.82, 2.24) is 19.7 Å². The first-order valence-corrected chi connectivity index (χ1v) is 7.24. The monoisotopic (exact) mass is 281 g/mol. The van der Waals surface area contributed by atoms with Crippen molar-refractivity contribution in [2.45, 2.75) is 6.54 Å². The van der Waals surface area contributed by atoms with Crippen molar-refractivity contribution in [3.63, 3.8) is 0 Å². The van der Waals surface area contributed by atoms with Crippen LogP contribution >= 0.6 is 11.3 Å². The normalized spacial score (nSPS) is 13.4. The highest BCUT2D eigenvalue weighted by atomic mass is 32.1. The number of rotatable bonds is 2. The van der Waals surface area contributed by atoms with Crippen molar-refractivity contribution < 1.29 is 0 Å². The Labute approximate surface area is 119 Å². The third kappa shape index (κ3) is 1.85. The molecule has 0 fully saturated rings. The highest BCUT2D eigenvalue weighted by molar-refractivity contribution is 7.13. The fourth-order valence-corrected chi connectivity index (χ4v) is 3.03. The van der Waals surface area contributed by atoms with Crippen LogP contribution < -0.4 is 0 Å². The van der Waals surface area contributed by atoms with Gasteiger partial charge in [0.2, 0.25) is 0 Å². The highest BCUT2D eigenvalue weighted by Crippen LogP contribution is 2.28. The van der Waals surface area contributed by atoms with E-state index in [9.17, 15) is 0 Å². The molecular formula is C14H11N5S. The van der Waals surface area contributed by atoms with Crippen molar-refractivity contribution in [3.05, 3.63) is 41.5 Å². The number of benzene rings is 1. The van der Waals surface area contributed by atoms with Gasteiger partial charge in [0.25, 0.3) is 0 Å².